The van der Waals surface area contributed by atoms with Crippen molar-refractivity contribution in [3.63, 3.8) is 0 Å². The Balaban J connectivity index is 1.75. The molecule has 0 amide bonds. The van der Waals surface area contributed by atoms with E-state index in [4.69, 9.17) is 17.3 Å². The number of hydrogen-bond donors (Lipinski definition) is 1. The molecule has 1 aromatic carbocycles. The Labute approximate surface area is 133 Å². The Morgan fingerprint density at radius 2 is 2.10 bits per heavy atom. The van der Waals surface area contributed by atoms with Gasteiger partial charge in [0.15, 0.2) is 0 Å². The smallest absolute Gasteiger partial charge is 0.0459 e. The molecule has 2 fully saturated rings. The lowest BCUT2D eigenvalue weighted by molar-refractivity contribution is 0.342. The first-order valence-electron chi connectivity index (χ1n) is 8.49. The van der Waals surface area contributed by atoms with Crippen LogP contribution < -0.4 is 10.6 Å². The third-order valence-electron chi connectivity index (χ3n) is 5.38. The van der Waals surface area contributed by atoms with E-state index in [1.54, 1.807) is 0 Å². The predicted molar refractivity (Wildman–Crippen MR) is 91.1 cm³/mol. The standard InChI is InChI=1S/C18H27ClN2/c1-2-15(20)11-14-7-8-16(12-17(14)19)21-10-9-13-5-3-4-6-18(13)21/h7-8,12-13,15,18H,2-6,9-11,20H2,1H3. The molecule has 3 unspecified atom stereocenters. The highest BCUT2D eigenvalue weighted by molar-refractivity contribution is 6.31. The fraction of sp³-hybridized carbons (Fsp3) is 0.667. The average Bonchev–Trinajstić information content (AvgIpc) is 2.93. The van der Waals surface area contributed by atoms with Gasteiger partial charge in [0.2, 0.25) is 0 Å². The van der Waals surface area contributed by atoms with Crippen molar-refractivity contribution >= 4 is 17.3 Å². The van der Waals surface area contributed by atoms with Gasteiger partial charge in [0, 0.05) is 29.3 Å². The summed E-state index contributed by atoms with van der Waals surface area (Å²) in [6.45, 7) is 3.32. The summed E-state index contributed by atoms with van der Waals surface area (Å²) in [7, 11) is 0. The highest BCUT2D eigenvalue weighted by Gasteiger charge is 2.35. The molecule has 1 aliphatic heterocycles. The molecule has 2 N–H and O–H groups in total. The van der Waals surface area contributed by atoms with E-state index >= 15 is 0 Å². The summed E-state index contributed by atoms with van der Waals surface area (Å²) in [6.07, 6.45) is 8.79. The summed E-state index contributed by atoms with van der Waals surface area (Å²) in [5.74, 6) is 0.908. The van der Waals surface area contributed by atoms with E-state index in [0.717, 1.165) is 29.8 Å². The van der Waals surface area contributed by atoms with E-state index in [2.05, 4.69) is 30.0 Å². The number of nitrogens with zero attached hydrogens (tertiary/aromatic N) is 1. The van der Waals surface area contributed by atoms with Crippen molar-refractivity contribution in [1.29, 1.82) is 0 Å². The number of fused-ring (bicyclic) bond motifs is 1. The van der Waals surface area contributed by atoms with Gasteiger partial charge in [-0.3, -0.25) is 0 Å². The summed E-state index contributed by atoms with van der Waals surface area (Å²) >= 11 is 6.50. The molecule has 3 heteroatoms. The zero-order chi connectivity index (χ0) is 14.8. The van der Waals surface area contributed by atoms with Crippen LogP contribution in [0.3, 0.4) is 0 Å². The van der Waals surface area contributed by atoms with Gasteiger partial charge < -0.3 is 10.6 Å². The molecule has 0 spiro atoms. The Morgan fingerprint density at radius 1 is 1.29 bits per heavy atom. The maximum atomic E-state index is 6.50. The van der Waals surface area contributed by atoms with Gasteiger partial charge in [-0.2, -0.15) is 0 Å². The highest BCUT2D eigenvalue weighted by atomic mass is 35.5. The molecule has 1 aliphatic carbocycles. The minimum Gasteiger partial charge on any atom is -0.368 e. The first kappa shape index (κ1) is 15.2. The van der Waals surface area contributed by atoms with Crippen LogP contribution in [0.15, 0.2) is 18.2 Å². The fourth-order valence-corrected chi connectivity index (χ4v) is 4.29. The molecule has 1 saturated heterocycles. The predicted octanol–water partition coefficient (Wildman–Crippen LogP) is 4.39. The quantitative estimate of drug-likeness (QED) is 0.894. The van der Waals surface area contributed by atoms with Crippen LogP contribution in [0.4, 0.5) is 5.69 Å². The Bertz CT molecular complexity index is 488. The van der Waals surface area contributed by atoms with Crippen LogP contribution in [-0.2, 0) is 6.42 Å². The number of rotatable bonds is 4. The summed E-state index contributed by atoms with van der Waals surface area (Å²) < 4.78 is 0. The van der Waals surface area contributed by atoms with Crippen LogP contribution in [0.5, 0.6) is 0 Å². The second-order valence-electron chi connectivity index (χ2n) is 6.74. The highest BCUT2D eigenvalue weighted by Crippen LogP contribution is 2.39. The van der Waals surface area contributed by atoms with Gasteiger partial charge in [-0.05, 0) is 55.7 Å². The van der Waals surface area contributed by atoms with Crippen LogP contribution in [0.25, 0.3) is 0 Å². The first-order chi connectivity index (χ1) is 10.2. The molecule has 0 aromatic heterocycles. The van der Waals surface area contributed by atoms with Gasteiger partial charge >= 0.3 is 0 Å². The molecule has 2 nitrogen and oxygen atoms in total. The largest absolute Gasteiger partial charge is 0.368 e. The zero-order valence-corrected chi connectivity index (χ0v) is 13.8. The molecule has 1 saturated carbocycles. The molecule has 21 heavy (non-hydrogen) atoms. The van der Waals surface area contributed by atoms with Crippen molar-refractivity contribution in [1.82, 2.24) is 0 Å². The lowest BCUT2D eigenvalue weighted by Gasteiger charge is -2.33. The van der Waals surface area contributed by atoms with Crippen LogP contribution in [-0.4, -0.2) is 18.6 Å². The summed E-state index contributed by atoms with van der Waals surface area (Å²) in [5.41, 5.74) is 8.55. The van der Waals surface area contributed by atoms with Crippen molar-refractivity contribution < 1.29 is 0 Å². The minimum atomic E-state index is 0.211. The molecule has 116 valence electrons. The van der Waals surface area contributed by atoms with Crippen molar-refractivity contribution in [3.8, 4) is 0 Å². The molecular formula is C18H27ClN2. The maximum Gasteiger partial charge on any atom is 0.0459 e. The topological polar surface area (TPSA) is 29.3 Å². The fourth-order valence-electron chi connectivity index (χ4n) is 4.03. The van der Waals surface area contributed by atoms with E-state index in [-0.39, 0.29) is 6.04 Å². The SMILES string of the molecule is CCC(N)Cc1ccc(N2CCC3CCCCC32)cc1Cl. The Kier molecular flexibility index (Phi) is 4.75. The Hall–Kier alpha value is -0.730. The third-order valence-corrected chi connectivity index (χ3v) is 5.74. The molecule has 1 heterocycles. The van der Waals surface area contributed by atoms with Gasteiger partial charge in [0.25, 0.3) is 0 Å². The summed E-state index contributed by atoms with van der Waals surface area (Å²) in [5, 5.41) is 0.885. The van der Waals surface area contributed by atoms with Crippen LogP contribution in [0, 0.1) is 5.92 Å². The molecule has 3 rings (SSSR count). The molecular weight excluding hydrogens is 280 g/mol. The van der Waals surface area contributed by atoms with Gasteiger partial charge in [0.1, 0.15) is 0 Å². The van der Waals surface area contributed by atoms with Crippen LogP contribution in [0.1, 0.15) is 51.0 Å². The summed E-state index contributed by atoms with van der Waals surface area (Å²) in [4.78, 5) is 2.60. The van der Waals surface area contributed by atoms with E-state index in [9.17, 15) is 0 Å². The Morgan fingerprint density at radius 3 is 2.86 bits per heavy atom. The number of halogens is 1. The second-order valence-corrected chi connectivity index (χ2v) is 7.15. The third kappa shape index (κ3) is 3.22. The zero-order valence-electron chi connectivity index (χ0n) is 13.0. The molecule has 1 aromatic rings. The van der Waals surface area contributed by atoms with Crippen LogP contribution >= 0.6 is 11.6 Å². The second kappa shape index (κ2) is 6.58. The van der Waals surface area contributed by atoms with Crippen molar-refractivity contribution in [2.75, 3.05) is 11.4 Å². The average molecular weight is 307 g/mol. The molecule has 2 aliphatic rings. The van der Waals surface area contributed by atoms with Gasteiger partial charge in [-0.15, -0.1) is 0 Å². The number of nitrogens with two attached hydrogens (primary N) is 1. The van der Waals surface area contributed by atoms with E-state index in [1.165, 1.54) is 49.9 Å². The first-order valence-corrected chi connectivity index (χ1v) is 8.87. The van der Waals surface area contributed by atoms with E-state index in [1.807, 2.05) is 0 Å². The number of hydrogen-bond acceptors (Lipinski definition) is 2. The number of benzene rings is 1. The van der Waals surface area contributed by atoms with Gasteiger partial charge in [-0.25, -0.2) is 0 Å². The molecule has 0 bridgehead atoms. The lowest BCUT2D eigenvalue weighted by Crippen LogP contribution is -2.34. The molecule has 3 atom stereocenters. The maximum absolute atomic E-state index is 6.50. The number of anilines is 1. The van der Waals surface area contributed by atoms with E-state index in [0.29, 0.717) is 0 Å². The van der Waals surface area contributed by atoms with Gasteiger partial charge in [0.05, 0.1) is 0 Å². The molecule has 0 radical (unpaired) electrons. The van der Waals surface area contributed by atoms with Crippen molar-refractivity contribution in [2.45, 2.75) is 64.0 Å². The van der Waals surface area contributed by atoms with Crippen molar-refractivity contribution in [3.05, 3.63) is 28.8 Å². The minimum absolute atomic E-state index is 0.211. The van der Waals surface area contributed by atoms with Crippen molar-refractivity contribution in [2.24, 2.45) is 11.7 Å². The normalized spacial score (nSPS) is 26.7. The van der Waals surface area contributed by atoms with Crippen LogP contribution in [0.2, 0.25) is 5.02 Å². The lowest BCUT2D eigenvalue weighted by atomic mass is 9.85. The van der Waals surface area contributed by atoms with E-state index < -0.39 is 0 Å². The van der Waals surface area contributed by atoms with Gasteiger partial charge in [-0.1, -0.05) is 37.4 Å². The summed E-state index contributed by atoms with van der Waals surface area (Å²) in [6, 6.07) is 7.56. The monoisotopic (exact) mass is 306 g/mol.